The van der Waals surface area contributed by atoms with Gasteiger partial charge in [0, 0.05) is 24.4 Å². The molecule has 2 heterocycles. The van der Waals surface area contributed by atoms with Gasteiger partial charge in [-0.05, 0) is 61.2 Å². The summed E-state index contributed by atoms with van der Waals surface area (Å²) in [5.41, 5.74) is 3.47. The van der Waals surface area contributed by atoms with E-state index in [0.717, 1.165) is 24.2 Å². The zero-order valence-corrected chi connectivity index (χ0v) is 20.8. The van der Waals surface area contributed by atoms with Crippen LogP contribution in [0.1, 0.15) is 61.2 Å². The van der Waals surface area contributed by atoms with E-state index in [9.17, 15) is 9.59 Å². The summed E-state index contributed by atoms with van der Waals surface area (Å²) in [5, 5.41) is 2.10. The highest BCUT2D eigenvalue weighted by atomic mass is 32.1. The number of thiophene rings is 1. The molecule has 1 aromatic heterocycles. The van der Waals surface area contributed by atoms with Crippen molar-refractivity contribution in [3.8, 4) is 5.75 Å². The molecule has 0 N–H and O–H groups in total. The van der Waals surface area contributed by atoms with Gasteiger partial charge in [0.25, 0.3) is 0 Å². The van der Waals surface area contributed by atoms with Crippen molar-refractivity contribution in [3.05, 3.63) is 51.2 Å². The van der Waals surface area contributed by atoms with E-state index in [2.05, 4.69) is 24.4 Å². The van der Waals surface area contributed by atoms with Gasteiger partial charge in [-0.1, -0.05) is 38.5 Å². The minimum Gasteiger partial charge on any atom is -0.491 e. The molecule has 0 bridgehead atoms. The van der Waals surface area contributed by atoms with Crippen molar-refractivity contribution in [1.29, 1.82) is 0 Å². The predicted molar refractivity (Wildman–Crippen MR) is 130 cm³/mol. The highest BCUT2D eigenvalue weighted by Crippen LogP contribution is 2.34. The number of hydrogen-bond donors (Lipinski definition) is 0. The van der Waals surface area contributed by atoms with Crippen LogP contribution in [0.3, 0.4) is 0 Å². The molecule has 0 saturated carbocycles. The number of benzene rings is 1. The molecule has 2 amide bonds. The van der Waals surface area contributed by atoms with Gasteiger partial charge < -0.3 is 14.5 Å². The molecule has 1 aromatic carbocycles. The molecule has 0 fully saturated rings. The van der Waals surface area contributed by atoms with Crippen molar-refractivity contribution in [2.24, 2.45) is 5.92 Å². The third-order valence-corrected chi connectivity index (χ3v) is 6.89. The standard InChI is InChI=1S/C26H36N2O3S/c1-6-11-27(25(29)14-18(2)3)16-26(30)28-12-9-24-21(10-13-32-24)22(28)17-31-23-8-7-19(4)15-20(23)5/h7-8,10,13,15,18,22H,6,9,11-12,14,16-17H2,1-5H3. The summed E-state index contributed by atoms with van der Waals surface area (Å²) in [6, 6.07) is 8.13. The van der Waals surface area contributed by atoms with Crippen LogP contribution < -0.4 is 4.74 Å². The summed E-state index contributed by atoms with van der Waals surface area (Å²) < 4.78 is 6.22. The summed E-state index contributed by atoms with van der Waals surface area (Å²) in [6.07, 6.45) is 2.17. The molecule has 1 atom stereocenters. The van der Waals surface area contributed by atoms with Crippen LogP contribution in [-0.2, 0) is 16.0 Å². The lowest BCUT2D eigenvalue weighted by Crippen LogP contribution is -2.48. The predicted octanol–water partition coefficient (Wildman–Crippen LogP) is 5.15. The smallest absolute Gasteiger partial charge is 0.242 e. The number of hydrogen-bond acceptors (Lipinski definition) is 4. The van der Waals surface area contributed by atoms with Gasteiger partial charge in [-0.25, -0.2) is 0 Å². The van der Waals surface area contributed by atoms with Gasteiger partial charge in [0.1, 0.15) is 12.4 Å². The summed E-state index contributed by atoms with van der Waals surface area (Å²) in [7, 11) is 0. The molecule has 0 radical (unpaired) electrons. The lowest BCUT2D eigenvalue weighted by Gasteiger charge is -2.37. The number of rotatable bonds is 9. The molecule has 174 valence electrons. The fraction of sp³-hybridized carbons (Fsp3) is 0.538. The Balaban J connectivity index is 1.77. The van der Waals surface area contributed by atoms with Gasteiger partial charge >= 0.3 is 0 Å². The molecular formula is C26H36N2O3S. The molecule has 0 spiro atoms. The van der Waals surface area contributed by atoms with Gasteiger partial charge in [0.2, 0.25) is 11.8 Å². The first-order valence-corrected chi connectivity index (χ1v) is 12.5. The maximum Gasteiger partial charge on any atom is 0.242 e. The van der Waals surface area contributed by atoms with Crippen LogP contribution in [0.25, 0.3) is 0 Å². The van der Waals surface area contributed by atoms with Crippen LogP contribution in [0, 0.1) is 19.8 Å². The van der Waals surface area contributed by atoms with Gasteiger partial charge in [0.15, 0.2) is 0 Å². The van der Waals surface area contributed by atoms with Gasteiger partial charge in [-0.3, -0.25) is 9.59 Å². The third kappa shape index (κ3) is 5.91. The number of nitrogens with zero attached hydrogens (tertiary/aromatic N) is 2. The Morgan fingerprint density at radius 1 is 1.25 bits per heavy atom. The minimum absolute atomic E-state index is 0.00151. The number of aryl methyl sites for hydroxylation is 2. The summed E-state index contributed by atoms with van der Waals surface area (Å²) in [6.45, 7) is 12.0. The molecule has 2 aromatic rings. The molecule has 32 heavy (non-hydrogen) atoms. The van der Waals surface area contributed by atoms with Crippen molar-refractivity contribution in [1.82, 2.24) is 9.80 Å². The Morgan fingerprint density at radius 3 is 2.72 bits per heavy atom. The Bertz CT molecular complexity index is 937. The summed E-state index contributed by atoms with van der Waals surface area (Å²) in [5.74, 6) is 1.19. The zero-order chi connectivity index (χ0) is 23.3. The van der Waals surface area contributed by atoms with Crippen LogP contribution in [0.4, 0.5) is 0 Å². The lowest BCUT2D eigenvalue weighted by atomic mass is 10.00. The first-order chi connectivity index (χ1) is 15.3. The summed E-state index contributed by atoms with van der Waals surface area (Å²) >= 11 is 1.75. The number of carbonyl (C=O) groups is 2. The molecular weight excluding hydrogens is 420 g/mol. The van der Waals surface area contributed by atoms with E-state index >= 15 is 0 Å². The second-order valence-corrected chi connectivity index (χ2v) is 10.1. The van der Waals surface area contributed by atoms with Crippen LogP contribution >= 0.6 is 11.3 Å². The second kappa shape index (κ2) is 11.0. The van der Waals surface area contributed by atoms with E-state index in [0.29, 0.717) is 26.1 Å². The Labute approximate surface area is 196 Å². The highest BCUT2D eigenvalue weighted by Gasteiger charge is 2.33. The maximum absolute atomic E-state index is 13.4. The van der Waals surface area contributed by atoms with E-state index < -0.39 is 0 Å². The van der Waals surface area contributed by atoms with E-state index in [1.807, 2.05) is 44.7 Å². The van der Waals surface area contributed by atoms with Crippen molar-refractivity contribution in [2.45, 2.75) is 59.9 Å². The molecule has 5 nitrogen and oxygen atoms in total. The number of carbonyl (C=O) groups excluding carboxylic acids is 2. The molecule has 0 aliphatic carbocycles. The van der Waals surface area contributed by atoms with Crippen molar-refractivity contribution in [3.63, 3.8) is 0 Å². The molecule has 0 saturated heterocycles. The van der Waals surface area contributed by atoms with E-state index in [1.165, 1.54) is 16.0 Å². The van der Waals surface area contributed by atoms with Crippen LogP contribution in [0.15, 0.2) is 29.6 Å². The molecule has 3 rings (SSSR count). The normalized spacial score (nSPS) is 15.6. The zero-order valence-electron chi connectivity index (χ0n) is 20.0. The SMILES string of the molecule is CCCN(CC(=O)N1CCc2sccc2C1COc1ccc(C)cc1C)C(=O)CC(C)C. The van der Waals surface area contributed by atoms with Crippen LogP contribution in [0.2, 0.25) is 0 Å². The minimum atomic E-state index is -0.137. The fourth-order valence-electron chi connectivity index (χ4n) is 4.30. The van der Waals surface area contributed by atoms with Gasteiger partial charge in [-0.2, -0.15) is 0 Å². The van der Waals surface area contributed by atoms with E-state index in [4.69, 9.17) is 4.74 Å². The largest absolute Gasteiger partial charge is 0.491 e. The number of ether oxygens (including phenoxy) is 1. The molecule has 1 unspecified atom stereocenters. The average Bonchev–Trinajstić information content (AvgIpc) is 3.21. The quantitative estimate of drug-likeness (QED) is 0.524. The first kappa shape index (κ1) is 24.3. The van der Waals surface area contributed by atoms with Crippen molar-refractivity contribution < 1.29 is 14.3 Å². The van der Waals surface area contributed by atoms with E-state index in [-0.39, 0.29) is 30.3 Å². The van der Waals surface area contributed by atoms with Gasteiger partial charge in [-0.15, -0.1) is 11.3 Å². The molecule has 1 aliphatic rings. The average molecular weight is 457 g/mol. The maximum atomic E-state index is 13.4. The first-order valence-electron chi connectivity index (χ1n) is 11.6. The summed E-state index contributed by atoms with van der Waals surface area (Å²) in [4.78, 5) is 31.1. The Kier molecular flexibility index (Phi) is 8.35. The molecule has 6 heteroatoms. The fourth-order valence-corrected chi connectivity index (χ4v) is 5.23. The number of amides is 2. The highest BCUT2D eigenvalue weighted by molar-refractivity contribution is 7.10. The molecule has 1 aliphatic heterocycles. The van der Waals surface area contributed by atoms with Crippen molar-refractivity contribution in [2.75, 3.05) is 26.2 Å². The topological polar surface area (TPSA) is 49.9 Å². The Hall–Kier alpha value is -2.34. The van der Waals surface area contributed by atoms with Crippen molar-refractivity contribution >= 4 is 23.2 Å². The van der Waals surface area contributed by atoms with E-state index in [1.54, 1.807) is 16.2 Å². The van der Waals surface area contributed by atoms with Crippen LogP contribution in [-0.4, -0.2) is 47.9 Å². The lowest BCUT2D eigenvalue weighted by molar-refractivity contribution is -0.143. The van der Waals surface area contributed by atoms with Crippen LogP contribution in [0.5, 0.6) is 5.75 Å². The monoisotopic (exact) mass is 456 g/mol. The number of fused-ring (bicyclic) bond motifs is 1. The van der Waals surface area contributed by atoms with Gasteiger partial charge in [0.05, 0.1) is 12.6 Å². The third-order valence-electron chi connectivity index (χ3n) is 5.90. The second-order valence-electron chi connectivity index (χ2n) is 9.15. The Morgan fingerprint density at radius 2 is 2.03 bits per heavy atom.